The number of oxazole rings is 2. The number of para-hydroxylation sites is 3. The number of carbonyl (C=O) groups is 2. The fourth-order valence-electron chi connectivity index (χ4n) is 6.19. The first-order valence-corrected chi connectivity index (χ1v) is 21.8. The maximum atomic E-state index is 12.4. The number of nitrogens with one attached hydrogen (secondary N) is 2. The number of benzene rings is 3. The number of rotatable bonds is 14. The Morgan fingerprint density at radius 2 is 1.39 bits per heavy atom. The number of alkyl halides is 2. The van der Waals surface area contributed by atoms with Gasteiger partial charge >= 0.3 is 6.03 Å². The van der Waals surface area contributed by atoms with Gasteiger partial charge in [0.15, 0.2) is 22.4 Å². The minimum absolute atomic E-state index is 0.0670. The number of ether oxygens (including phenoxy) is 3. The van der Waals surface area contributed by atoms with Crippen molar-refractivity contribution in [1.82, 2.24) is 24.8 Å². The molecule has 5 N–H and O–H groups in total. The molecule has 0 atom stereocenters. The maximum Gasteiger partial charge on any atom is 0.323 e. The molecule has 7 rings (SSSR count). The maximum absolute atomic E-state index is 12.4. The van der Waals surface area contributed by atoms with Gasteiger partial charge in [0.2, 0.25) is 17.7 Å². The first-order chi connectivity index (χ1) is 32.1. The van der Waals surface area contributed by atoms with Gasteiger partial charge in [-0.3, -0.25) is 34.9 Å². The third-order valence-electron chi connectivity index (χ3n) is 9.32. The second kappa shape index (κ2) is 25.9. The second-order valence-electron chi connectivity index (χ2n) is 14.0. The van der Waals surface area contributed by atoms with Crippen molar-refractivity contribution in [2.45, 2.75) is 53.0 Å². The van der Waals surface area contributed by atoms with E-state index >= 15 is 0 Å². The Labute approximate surface area is 394 Å². The first-order valence-electron chi connectivity index (χ1n) is 20.7. The summed E-state index contributed by atoms with van der Waals surface area (Å²) in [6.45, 7) is 14.2. The third-order valence-corrected chi connectivity index (χ3v) is 9.88. The highest BCUT2D eigenvalue weighted by atomic mass is 35.5. The lowest BCUT2D eigenvalue weighted by atomic mass is 10.2. The number of aromatic hydroxyl groups is 1. The number of piperazine rings is 1. The third kappa shape index (κ3) is 15.4. The van der Waals surface area contributed by atoms with E-state index in [4.69, 9.17) is 57.1 Å². The minimum atomic E-state index is -1.04. The summed E-state index contributed by atoms with van der Waals surface area (Å²) in [7, 11) is 0. The number of aryl methyl sites for hydroxylation is 1. The van der Waals surface area contributed by atoms with E-state index < -0.39 is 15.8 Å². The van der Waals surface area contributed by atoms with Crippen LogP contribution in [-0.4, -0.2) is 109 Å². The highest BCUT2D eigenvalue weighted by Crippen LogP contribution is 2.30. The molecule has 24 heteroatoms. The van der Waals surface area contributed by atoms with Crippen LogP contribution in [0, 0.1) is 27.2 Å². The summed E-state index contributed by atoms with van der Waals surface area (Å²) in [5.41, 5.74) is 8.56. The van der Waals surface area contributed by atoms with Crippen molar-refractivity contribution in [3.63, 3.8) is 0 Å². The molecular weight excluding hydrogens is 919 g/mol. The Morgan fingerprint density at radius 3 is 1.93 bits per heavy atom. The molecule has 1 aliphatic rings. The van der Waals surface area contributed by atoms with Gasteiger partial charge in [0, 0.05) is 70.8 Å². The molecule has 3 aromatic heterocycles. The SMILES string of the molecule is CC(=O)N1CCN(Cc2nc3c(NC(=O)Nc4ccc(C)nc4)cccc3o2)CC1.CCOC(CCl)(OCC)OCC.Nc1c(O)cccc1[N+](=O)[O-].O=[N+]([O-])c1cccc2oc(CCl)nc12. The summed E-state index contributed by atoms with van der Waals surface area (Å²) in [5.74, 6) is -0.0468. The Kier molecular flexibility index (Phi) is 20.4. The number of nitrogens with zero attached hydrogens (tertiary/aromatic N) is 7. The van der Waals surface area contributed by atoms with Gasteiger partial charge in [0.1, 0.15) is 17.1 Å². The minimum Gasteiger partial charge on any atom is -0.506 e. The van der Waals surface area contributed by atoms with Crippen molar-refractivity contribution >= 4 is 85.8 Å². The lowest BCUT2D eigenvalue weighted by molar-refractivity contribution is -0.384. The predicted octanol–water partition coefficient (Wildman–Crippen LogP) is 8.19. The molecule has 1 aliphatic heterocycles. The van der Waals surface area contributed by atoms with Crippen LogP contribution in [0.25, 0.3) is 22.2 Å². The molecule has 3 aromatic carbocycles. The molecule has 1 fully saturated rings. The number of phenols is 1. The highest BCUT2D eigenvalue weighted by Gasteiger charge is 2.31. The Balaban J connectivity index is 0.000000220. The monoisotopic (exact) mass is 970 g/mol. The zero-order chi connectivity index (χ0) is 49.1. The van der Waals surface area contributed by atoms with Gasteiger partial charge < -0.3 is 49.4 Å². The van der Waals surface area contributed by atoms with E-state index in [0.717, 1.165) is 18.8 Å². The standard InChI is InChI=1S/C21H24N6O3.C8H5ClN2O3.C8H17ClO3.C6H6N2O3/c1-14-6-7-16(12-22-14)23-21(29)24-17-4-3-5-18-20(17)25-19(30-18)13-26-8-10-27(11-9-26)15(2)28;9-4-7-10-8-5(11(12)13)2-1-3-6(8)14-7;1-4-10-8(7-9,11-5-2)12-6-3;7-6-4(8(10)11)2-1-3-5(6)9/h3-7,12H,8-11,13H2,1-2H3,(H2,23,24,29);1-3H,4H2;4-7H2,1-3H3;1-3,9H,7H2. The zero-order valence-corrected chi connectivity index (χ0v) is 38.9. The van der Waals surface area contributed by atoms with Crippen LogP contribution in [0.15, 0.2) is 81.8 Å². The van der Waals surface area contributed by atoms with Crippen LogP contribution >= 0.6 is 23.2 Å². The predicted molar refractivity (Wildman–Crippen MR) is 251 cm³/mol. The molecule has 0 radical (unpaired) electrons. The van der Waals surface area contributed by atoms with Gasteiger partial charge in [0.05, 0.1) is 39.8 Å². The zero-order valence-electron chi connectivity index (χ0n) is 37.4. The number of carbonyl (C=O) groups excluding carboxylic acids is 2. The van der Waals surface area contributed by atoms with Crippen molar-refractivity contribution < 1.29 is 47.6 Å². The average Bonchev–Trinajstić information content (AvgIpc) is 3.93. The van der Waals surface area contributed by atoms with Gasteiger partial charge in [-0.15, -0.1) is 23.2 Å². The number of fused-ring (bicyclic) bond motifs is 2. The van der Waals surface area contributed by atoms with E-state index in [0.29, 0.717) is 73.4 Å². The molecule has 0 spiro atoms. The van der Waals surface area contributed by atoms with E-state index in [1.54, 1.807) is 37.4 Å². The Morgan fingerprint density at radius 1 is 0.821 bits per heavy atom. The normalized spacial score (nSPS) is 12.5. The van der Waals surface area contributed by atoms with Crippen molar-refractivity contribution in [2.24, 2.45) is 0 Å². The largest absolute Gasteiger partial charge is 0.506 e. The summed E-state index contributed by atoms with van der Waals surface area (Å²) in [4.78, 5) is 60.2. The number of nitrogens with two attached hydrogens (primary N) is 1. The number of urea groups is 1. The molecule has 22 nitrogen and oxygen atoms in total. The fourth-order valence-corrected chi connectivity index (χ4v) is 6.53. The number of amides is 3. The van der Waals surface area contributed by atoms with Crippen molar-refractivity contribution in [1.29, 1.82) is 0 Å². The number of hydrogen-bond acceptors (Lipinski definition) is 17. The highest BCUT2D eigenvalue weighted by molar-refractivity contribution is 6.18. The van der Waals surface area contributed by atoms with Crippen LogP contribution in [0.4, 0.5) is 33.2 Å². The van der Waals surface area contributed by atoms with Crippen LogP contribution in [-0.2, 0) is 31.4 Å². The van der Waals surface area contributed by atoms with Crippen molar-refractivity contribution in [3.05, 3.63) is 111 Å². The number of pyridine rings is 1. The van der Waals surface area contributed by atoms with Gasteiger partial charge in [-0.2, -0.15) is 0 Å². The van der Waals surface area contributed by atoms with E-state index in [1.165, 1.54) is 24.3 Å². The Bertz CT molecular complexity index is 2550. The topological polar surface area (TPSA) is 290 Å². The van der Waals surface area contributed by atoms with Crippen LogP contribution < -0.4 is 16.4 Å². The number of nitro groups is 2. The van der Waals surface area contributed by atoms with Gasteiger partial charge in [0.25, 0.3) is 17.3 Å². The molecule has 6 aromatic rings. The molecule has 3 amide bonds. The number of nitrogen functional groups attached to an aromatic ring is 1. The average molecular weight is 972 g/mol. The number of aromatic nitrogens is 3. The lowest BCUT2D eigenvalue weighted by Gasteiger charge is -2.33. The van der Waals surface area contributed by atoms with E-state index in [-0.39, 0.29) is 57.9 Å². The number of anilines is 3. The van der Waals surface area contributed by atoms with Crippen LogP contribution in [0.2, 0.25) is 0 Å². The lowest BCUT2D eigenvalue weighted by Crippen LogP contribution is -2.47. The summed E-state index contributed by atoms with van der Waals surface area (Å²) >= 11 is 11.2. The smallest absolute Gasteiger partial charge is 0.323 e. The van der Waals surface area contributed by atoms with Crippen molar-refractivity contribution in [2.75, 3.05) is 68.2 Å². The quantitative estimate of drug-likeness (QED) is 0.0200. The van der Waals surface area contributed by atoms with Gasteiger partial charge in [-0.25, -0.2) is 14.8 Å². The van der Waals surface area contributed by atoms with Gasteiger partial charge in [-0.1, -0.05) is 18.2 Å². The summed E-state index contributed by atoms with van der Waals surface area (Å²) in [6.07, 6.45) is 1.61. The van der Waals surface area contributed by atoms with E-state index in [9.17, 15) is 29.8 Å². The Hall–Kier alpha value is -6.69. The first kappa shape index (κ1) is 52.9. The molecular formula is C43H52Cl2N10O12. The molecule has 4 heterocycles. The molecule has 0 saturated carbocycles. The number of nitro benzene ring substituents is 2. The molecule has 360 valence electrons. The van der Waals surface area contributed by atoms with E-state index in [2.05, 4.69) is 30.5 Å². The molecule has 0 bridgehead atoms. The van der Waals surface area contributed by atoms with Gasteiger partial charge in [-0.05, 0) is 64.1 Å². The number of hydrogen-bond donors (Lipinski definition) is 4. The van der Waals surface area contributed by atoms with Crippen LogP contribution in [0.1, 0.15) is 45.2 Å². The van der Waals surface area contributed by atoms with Crippen LogP contribution in [0.3, 0.4) is 0 Å². The molecule has 1 saturated heterocycles. The number of phenolic OH excluding ortho intramolecular Hbond substituents is 1. The summed E-state index contributed by atoms with van der Waals surface area (Å²) in [5, 5.41) is 35.3. The summed E-state index contributed by atoms with van der Waals surface area (Å²) < 4.78 is 26.9. The summed E-state index contributed by atoms with van der Waals surface area (Å²) in [6, 6.07) is 17.1. The number of halogens is 2. The molecule has 67 heavy (non-hydrogen) atoms. The van der Waals surface area contributed by atoms with Crippen LogP contribution in [0.5, 0.6) is 5.75 Å². The molecule has 0 unspecified atom stereocenters. The van der Waals surface area contributed by atoms with Crippen molar-refractivity contribution in [3.8, 4) is 5.75 Å². The molecule has 0 aliphatic carbocycles. The number of non-ortho nitro benzene ring substituents is 1. The fraction of sp³-hybridized carbons (Fsp3) is 0.372. The second-order valence-corrected chi connectivity index (χ2v) is 14.5. The van der Waals surface area contributed by atoms with E-state index in [1.807, 2.05) is 50.8 Å².